The second kappa shape index (κ2) is 6.83. The molecule has 1 aromatic carbocycles. The van der Waals surface area contributed by atoms with Crippen LogP contribution in [0.15, 0.2) is 42.9 Å². The number of carbonyl (C=O) groups excluding carboxylic acids is 1. The Kier molecular flexibility index (Phi) is 4.78. The highest BCUT2D eigenvalue weighted by Crippen LogP contribution is 2.43. The third-order valence-corrected chi connectivity index (χ3v) is 4.80. The van der Waals surface area contributed by atoms with Crippen LogP contribution in [0.25, 0.3) is 0 Å². The van der Waals surface area contributed by atoms with Gasteiger partial charge in [-0.2, -0.15) is 0 Å². The van der Waals surface area contributed by atoms with E-state index < -0.39 is 0 Å². The van der Waals surface area contributed by atoms with Crippen LogP contribution in [0.2, 0.25) is 0 Å². The zero-order chi connectivity index (χ0) is 15.8. The van der Waals surface area contributed by atoms with Gasteiger partial charge in [0.05, 0.1) is 12.2 Å². The average molecular weight is 349 g/mol. The fourth-order valence-electron chi connectivity index (χ4n) is 3.80. The monoisotopic (exact) mass is 348 g/mol. The summed E-state index contributed by atoms with van der Waals surface area (Å²) in [5.41, 5.74) is 1.18. The third kappa shape index (κ3) is 2.87. The maximum atomic E-state index is 13.7. The van der Waals surface area contributed by atoms with Gasteiger partial charge in [0, 0.05) is 37.9 Å². The lowest BCUT2D eigenvalue weighted by Gasteiger charge is -2.28. The number of carbonyl (C=O) groups is 1. The molecule has 3 heterocycles. The average Bonchev–Trinajstić information content (AvgIpc) is 3.15. The van der Waals surface area contributed by atoms with Gasteiger partial charge in [-0.3, -0.25) is 9.78 Å². The standard InChI is InChI=1S/C17H17FN4O.ClH/c18-13-3-1-2-11(6-13)16-14-8-20-7-12(14)10-22(16)17(23)15-9-19-4-5-21-15;/h1-6,9,12,14,16,20H,7-8,10H2;1H/t12-,14-,16-;/m0./s1. The van der Waals surface area contributed by atoms with E-state index in [0.29, 0.717) is 24.1 Å². The molecule has 2 saturated heterocycles. The Labute approximate surface area is 145 Å². The zero-order valence-corrected chi connectivity index (χ0v) is 13.7. The molecule has 126 valence electrons. The minimum absolute atomic E-state index is 0. The number of nitrogens with zero attached hydrogens (tertiary/aromatic N) is 3. The molecule has 2 aliphatic heterocycles. The molecule has 2 aliphatic rings. The maximum absolute atomic E-state index is 13.7. The van der Waals surface area contributed by atoms with Gasteiger partial charge in [0.15, 0.2) is 0 Å². The number of nitrogens with one attached hydrogen (secondary N) is 1. The van der Waals surface area contributed by atoms with Crippen LogP contribution in [0.5, 0.6) is 0 Å². The number of benzene rings is 1. The number of likely N-dealkylation sites (tertiary alicyclic amines) is 1. The van der Waals surface area contributed by atoms with Crippen LogP contribution >= 0.6 is 12.4 Å². The minimum Gasteiger partial charge on any atom is -0.330 e. The van der Waals surface area contributed by atoms with E-state index in [4.69, 9.17) is 0 Å². The second-order valence-electron chi connectivity index (χ2n) is 6.13. The first kappa shape index (κ1) is 16.8. The second-order valence-corrected chi connectivity index (χ2v) is 6.13. The lowest BCUT2D eigenvalue weighted by Crippen LogP contribution is -2.35. The van der Waals surface area contributed by atoms with Crippen LogP contribution in [-0.4, -0.2) is 40.4 Å². The predicted molar refractivity (Wildman–Crippen MR) is 89.3 cm³/mol. The van der Waals surface area contributed by atoms with Crippen LogP contribution in [0.3, 0.4) is 0 Å². The van der Waals surface area contributed by atoms with Crippen molar-refractivity contribution in [2.75, 3.05) is 19.6 Å². The topological polar surface area (TPSA) is 58.1 Å². The van der Waals surface area contributed by atoms with Crippen LogP contribution in [0.4, 0.5) is 4.39 Å². The highest BCUT2D eigenvalue weighted by Gasteiger charge is 2.47. The van der Waals surface area contributed by atoms with E-state index in [1.54, 1.807) is 12.3 Å². The largest absolute Gasteiger partial charge is 0.330 e. The van der Waals surface area contributed by atoms with Crippen molar-refractivity contribution in [2.45, 2.75) is 6.04 Å². The fraction of sp³-hybridized carbons (Fsp3) is 0.353. The molecule has 0 bridgehead atoms. The highest BCUT2D eigenvalue weighted by molar-refractivity contribution is 5.92. The van der Waals surface area contributed by atoms with Gasteiger partial charge in [0.25, 0.3) is 5.91 Å². The van der Waals surface area contributed by atoms with Crippen molar-refractivity contribution < 1.29 is 9.18 Å². The van der Waals surface area contributed by atoms with E-state index in [9.17, 15) is 9.18 Å². The summed E-state index contributed by atoms with van der Waals surface area (Å²) in [4.78, 5) is 22.8. The Bertz CT molecular complexity index is 730. The number of amides is 1. The normalized spacial score (nSPS) is 25.2. The summed E-state index contributed by atoms with van der Waals surface area (Å²) >= 11 is 0. The van der Waals surface area contributed by atoms with Crippen LogP contribution in [0, 0.1) is 17.7 Å². The van der Waals surface area contributed by atoms with Gasteiger partial charge in [0.1, 0.15) is 11.5 Å². The molecular weight excluding hydrogens is 331 g/mol. The maximum Gasteiger partial charge on any atom is 0.274 e. The van der Waals surface area contributed by atoms with Crippen LogP contribution in [-0.2, 0) is 0 Å². The zero-order valence-electron chi connectivity index (χ0n) is 12.9. The lowest BCUT2D eigenvalue weighted by atomic mass is 9.89. The summed E-state index contributed by atoms with van der Waals surface area (Å²) in [6.07, 6.45) is 4.55. The quantitative estimate of drug-likeness (QED) is 0.902. The van der Waals surface area contributed by atoms with Crippen LogP contribution < -0.4 is 5.32 Å². The van der Waals surface area contributed by atoms with Gasteiger partial charge >= 0.3 is 0 Å². The van der Waals surface area contributed by atoms with Crippen molar-refractivity contribution in [1.82, 2.24) is 20.2 Å². The number of fused-ring (bicyclic) bond motifs is 1. The highest BCUT2D eigenvalue weighted by atomic mass is 35.5. The number of aromatic nitrogens is 2. The van der Waals surface area contributed by atoms with Crippen molar-refractivity contribution in [3.05, 3.63) is 59.9 Å². The number of rotatable bonds is 2. The molecule has 7 heteroatoms. The molecule has 1 amide bonds. The van der Waals surface area contributed by atoms with Gasteiger partial charge in [-0.15, -0.1) is 12.4 Å². The van der Waals surface area contributed by atoms with E-state index >= 15 is 0 Å². The van der Waals surface area contributed by atoms with Crippen molar-refractivity contribution in [3.8, 4) is 0 Å². The van der Waals surface area contributed by atoms with E-state index in [1.807, 2.05) is 11.0 Å². The molecular formula is C17H18ClFN4O. The van der Waals surface area contributed by atoms with E-state index in [2.05, 4.69) is 15.3 Å². The smallest absolute Gasteiger partial charge is 0.274 e. The molecule has 3 atom stereocenters. The Morgan fingerprint density at radius 2 is 2.17 bits per heavy atom. The predicted octanol–water partition coefficient (Wildman–Crippen LogP) is 2.07. The molecule has 0 aliphatic carbocycles. The summed E-state index contributed by atoms with van der Waals surface area (Å²) in [6, 6.07) is 6.43. The van der Waals surface area contributed by atoms with E-state index in [1.165, 1.54) is 24.5 Å². The summed E-state index contributed by atoms with van der Waals surface area (Å²) in [7, 11) is 0. The summed E-state index contributed by atoms with van der Waals surface area (Å²) < 4.78 is 13.7. The van der Waals surface area contributed by atoms with Crippen molar-refractivity contribution in [3.63, 3.8) is 0 Å². The van der Waals surface area contributed by atoms with Crippen molar-refractivity contribution >= 4 is 18.3 Å². The van der Waals surface area contributed by atoms with Crippen molar-refractivity contribution in [1.29, 1.82) is 0 Å². The van der Waals surface area contributed by atoms with Crippen molar-refractivity contribution in [2.24, 2.45) is 11.8 Å². The van der Waals surface area contributed by atoms with Gasteiger partial charge < -0.3 is 10.2 Å². The Morgan fingerprint density at radius 1 is 1.29 bits per heavy atom. The third-order valence-electron chi connectivity index (χ3n) is 4.80. The Morgan fingerprint density at radius 3 is 2.92 bits per heavy atom. The summed E-state index contributed by atoms with van der Waals surface area (Å²) in [5.74, 6) is 0.284. The summed E-state index contributed by atoms with van der Waals surface area (Å²) in [5, 5.41) is 3.38. The van der Waals surface area contributed by atoms with Gasteiger partial charge in [-0.1, -0.05) is 12.1 Å². The molecule has 0 unspecified atom stereocenters. The molecule has 5 nitrogen and oxygen atoms in total. The first-order valence-corrected chi connectivity index (χ1v) is 7.77. The molecule has 1 aromatic heterocycles. The van der Waals surface area contributed by atoms with Gasteiger partial charge in [-0.05, 0) is 23.6 Å². The SMILES string of the molecule is Cl.O=C(c1cnccn1)N1C[C@@H]2CNC[C@@H]2[C@@H]1c1cccc(F)c1. The lowest BCUT2D eigenvalue weighted by molar-refractivity contribution is 0.0707. The number of hydrogen-bond donors (Lipinski definition) is 1. The Hall–Kier alpha value is -2.05. The molecule has 0 saturated carbocycles. The van der Waals surface area contributed by atoms with Gasteiger partial charge in [-0.25, -0.2) is 9.37 Å². The molecule has 24 heavy (non-hydrogen) atoms. The first-order chi connectivity index (χ1) is 11.2. The molecule has 1 N–H and O–H groups in total. The minimum atomic E-state index is -0.274. The molecule has 2 fully saturated rings. The number of hydrogen-bond acceptors (Lipinski definition) is 4. The molecule has 4 rings (SSSR count). The van der Waals surface area contributed by atoms with E-state index in [0.717, 1.165) is 18.7 Å². The van der Waals surface area contributed by atoms with E-state index in [-0.39, 0.29) is 30.2 Å². The first-order valence-electron chi connectivity index (χ1n) is 7.77. The molecule has 0 spiro atoms. The van der Waals surface area contributed by atoms with Crippen LogP contribution in [0.1, 0.15) is 22.1 Å². The van der Waals surface area contributed by atoms with Gasteiger partial charge in [0.2, 0.25) is 0 Å². The molecule has 2 aromatic rings. The summed E-state index contributed by atoms with van der Waals surface area (Å²) in [6.45, 7) is 2.39. The fourth-order valence-corrected chi connectivity index (χ4v) is 3.80. The Balaban J connectivity index is 0.00000169. The number of halogens is 2. The molecule has 0 radical (unpaired) electrons.